The van der Waals surface area contributed by atoms with Crippen LogP contribution in [0.1, 0.15) is 5.56 Å². The lowest BCUT2D eigenvalue weighted by molar-refractivity contribution is -0.385. The largest absolute Gasteiger partial charge is 0.490 e. The number of anilines is 1. The van der Waals surface area contributed by atoms with Crippen LogP contribution in [-0.2, 0) is 17.3 Å². The fourth-order valence-electron chi connectivity index (χ4n) is 2.21. The average molecular weight is 334 g/mol. The molecule has 1 atom stereocenters. The molecule has 0 saturated heterocycles. The third-order valence-electron chi connectivity index (χ3n) is 3.48. The van der Waals surface area contributed by atoms with Crippen LogP contribution in [0.15, 0.2) is 47.4 Å². The summed E-state index contributed by atoms with van der Waals surface area (Å²) in [7, 11) is 2.32. The molecule has 6 nitrogen and oxygen atoms in total. The van der Waals surface area contributed by atoms with E-state index in [0.29, 0.717) is 6.54 Å². The van der Waals surface area contributed by atoms with Gasteiger partial charge in [0.05, 0.1) is 12.0 Å². The summed E-state index contributed by atoms with van der Waals surface area (Å²) in [5.74, 6) is 0.232. The second-order valence-corrected chi connectivity index (χ2v) is 6.45. The molecular weight excluding hydrogens is 316 g/mol. The van der Waals surface area contributed by atoms with Gasteiger partial charge in [0.15, 0.2) is 5.75 Å². The fraction of sp³-hybridized carbons (Fsp3) is 0.250. The first-order valence-electron chi connectivity index (χ1n) is 6.88. The van der Waals surface area contributed by atoms with Crippen molar-refractivity contribution in [3.63, 3.8) is 0 Å². The number of hydrogen-bond donors (Lipinski definition) is 0. The smallest absolute Gasteiger partial charge is 0.311 e. The van der Waals surface area contributed by atoms with E-state index in [0.717, 1.165) is 16.1 Å². The molecule has 0 fully saturated rings. The van der Waals surface area contributed by atoms with Gasteiger partial charge >= 0.3 is 5.69 Å². The topological polar surface area (TPSA) is 72.7 Å². The zero-order valence-electron chi connectivity index (χ0n) is 13.2. The predicted octanol–water partition coefficient (Wildman–Crippen LogP) is 2.98. The third kappa shape index (κ3) is 4.07. The van der Waals surface area contributed by atoms with Gasteiger partial charge in [-0.05, 0) is 23.8 Å². The van der Waals surface area contributed by atoms with Crippen molar-refractivity contribution in [1.82, 2.24) is 0 Å². The van der Waals surface area contributed by atoms with Gasteiger partial charge in [-0.25, -0.2) is 0 Å². The lowest BCUT2D eigenvalue weighted by atomic mass is 10.2. The Labute approximate surface area is 137 Å². The summed E-state index contributed by atoms with van der Waals surface area (Å²) >= 11 is 0. The SMILES string of the molecule is COc1cc(N(C)Cc2ccc([S@@](C)=O)cc2)ccc1[N+](=O)[O-]. The van der Waals surface area contributed by atoms with Crippen molar-refractivity contribution in [3.8, 4) is 5.75 Å². The highest BCUT2D eigenvalue weighted by Gasteiger charge is 2.16. The van der Waals surface area contributed by atoms with E-state index in [1.807, 2.05) is 36.2 Å². The molecule has 0 amide bonds. The summed E-state index contributed by atoms with van der Waals surface area (Å²) in [6.45, 7) is 0.623. The minimum atomic E-state index is -0.991. The van der Waals surface area contributed by atoms with Gasteiger partial charge in [-0.15, -0.1) is 0 Å². The van der Waals surface area contributed by atoms with E-state index < -0.39 is 15.7 Å². The maximum absolute atomic E-state index is 11.4. The molecule has 0 heterocycles. The first-order valence-corrected chi connectivity index (χ1v) is 8.44. The van der Waals surface area contributed by atoms with E-state index in [2.05, 4.69) is 0 Å². The normalized spacial score (nSPS) is 11.8. The Bertz CT molecular complexity index is 731. The van der Waals surface area contributed by atoms with Crippen LogP contribution >= 0.6 is 0 Å². The van der Waals surface area contributed by atoms with Crippen molar-refractivity contribution < 1.29 is 13.9 Å². The molecule has 0 aliphatic carbocycles. The van der Waals surface area contributed by atoms with Gasteiger partial charge < -0.3 is 9.64 Å². The summed E-state index contributed by atoms with van der Waals surface area (Å²) in [6, 6.07) is 12.3. The Hall–Kier alpha value is -2.41. The Morgan fingerprint density at radius 3 is 2.39 bits per heavy atom. The number of hydrogen-bond acceptors (Lipinski definition) is 5. The number of benzene rings is 2. The summed E-state index contributed by atoms with van der Waals surface area (Å²) in [6.07, 6.45) is 1.64. The molecule has 0 radical (unpaired) electrons. The van der Waals surface area contributed by atoms with E-state index in [1.54, 1.807) is 18.4 Å². The predicted molar refractivity (Wildman–Crippen MR) is 90.5 cm³/mol. The fourth-order valence-corrected chi connectivity index (χ4v) is 2.73. The van der Waals surface area contributed by atoms with Gasteiger partial charge in [-0.1, -0.05) is 12.1 Å². The van der Waals surface area contributed by atoms with Crippen molar-refractivity contribution in [3.05, 3.63) is 58.1 Å². The van der Waals surface area contributed by atoms with E-state index in [1.165, 1.54) is 13.2 Å². The van der Waals surface area contributed by atoms with Crippen LogP contribution in [-0.4, -0.2) is 29.5 Å². The second-order valence-electron chi connectivity index (χ2n) is 5.07. The summed E-state index contributed by atoms with van der Waals surface area (Å²) in [4.78, 5) is 13.2. The van der Waals surface area contributed by atoms with Crippen molar-refractivity contribution in [1.29, 1.82) is 0 Å². The molecule has 2 rings (SSSR count). The molecule has 23 heavy (non-hydrogen) atoms. The van der Waals surface area contributed by atoms with Crippen LogP contribution < -0.4 is 9.64 Å². The molecular formula is C16H18N2O4S. The van der Waals surface area contributed by atoms with Crippen molar-refractivity contribution in [2.24, 2.45) is 0 Å². The van der Waals surface area contributed by atoms with Crippen molar-refractivity contribution >= 4 is 22.2 Å². The summed E-state index contributed by atoms with van der Waals surface area (Å²) in [5.41, 5.74) is 1.81. The Morgan fingerprint density at radius 1 is 1.22 bits per heavy atom. The van der Waals surface area contributed by atoms with Crippen LogP contribution in [0.3, 0.4) is 0 Å². The van der Waals surface area contributed by atoms with E-state index >= 15 is 0 Å². The standard InChI is InChI=1S/C16H18N2O4S/c1-17(11-12-4-7-14(8-5-12)23(3)21)13-6-9-15(18(19)20)16(10-13)22-2/h4-10H,11H2,1-3H3/t23-/m1/s1. The van der Waals surface area contributed by atoms with Crippen molar-refractivity contribution in [2.45, 2.75) is 11.4 Å². The molecule has 0 saturated carbocycles. The Morgan fingerprint density at radius 2 is 1.87 bits per heavy atom. The van der Waals surface area contributed by atoms with E-state index in [9.17, 15) is 14.3 Å². The van der Waals surface area contributed by atoms with Crippen LogP contribution in [0.2, 0.25) is 0 Å². The quantitative estimate of drug-likeness (QED) is 0.600. The minimum Gasteiger partial charge on any atom is -0.490 e. The summed E-state index contributed by atoms with van der Waals surface area (Å²) in [5, 5.41) is 10.9. The van der Waals surface area contributed by atoms with Crippen LogP contribution in [0, 0.1) is 10.1 Å². The first kappa shape index (κ1) is 17.0. The highest BCUT2D eigenvalue weighted by molar-refractivity contribution is 7.84. The zero-order chi connectivity index (χ0) is 17.0. The molecule has 7 heteroatoms. The zero-order valence-corrected chi connectivity index (χ0v) is 14.0. The molecule has 0 aliphatic rings. The second kappa shape index (κ2) is 7.23. The monoisotopic (exact) mass is 334 g/mol. The average Bonchev–Trinajstić information content (AvgIpc) is 2.54. The molecule has 0 aliphatic heterocycles. The van der Waals surface area contributed by atoms with Gasteiger partial charge in [0.2, 0.25) is 0 Å². The van der Waals surface area contributed by atoms with Gasteiger partial charge in [-0.3, -0.25) is 14.3 Å². The molecule has 2 aromatic carbocycles. The number of ether oxygens (including phenoxy) is 1. The number of nitrogens with zero attached hydrogens (tertiary/aromatic N) is 2. The summed E-state index contributed by atoms with van der Waals surface area (Å²) < 4.78 is 16.5. The molecule has 122 valence electrons. The number of nitro benzene ring substituents is 1. The molecule has 0 spiro atoms. The third-order valence-corrected chi connectivity index (χ3v) is 4.41. The molecule has 0 unspecified atom stereocenters. The molecule has 0 N–H and O–H groups in total. The Balaban J connectivity index is 2.18. The van der Waals surface area contributed by atoms with Crippen LogP contribution in [0.4, 0.5) is 11.4 Å². The van der Waals surface area contributed by atoms with Crippen LogP contribution in [0.5, 0.6) is 5.75 Å². The van der Waals surface area contributed by atoms with Crippen LogP contribution in [0.25, 0.3) is 0 Å². The van der Waals surface area contributed by atoms with Gasteiger partial charge in [0, 0.05) is 53.4 Å². The highest BCUT2D eigenvalue weighted by Crippen LogP contribution is 2.31. The maximum atomic E-state index is 11.4. The minimum absolute atomic E-state index is 0.0561. The lowest BCUT2D eigenvalue weighted by Gasteiger charge is -2.20. The lowest BCUT2D eigenvalue weighted by Crippen LogP contribution is -2.16. The van der Waals surface area contributed by atoms with Gasteiger partial charge in [0.25, 0.3) is 0 Å². The van der Waals surface area contributed by atoms with E-state index in [-0.39, 0.29) is 11.4 Å². The van der Waals surface area contributed by atoms with Crippen molar-refractivity contribution in [2.75, 3.05) is 25.3 Å². The highest BCUT2D eigenvalue weighted by atomic mass is 32.2. The number of methoxy groups -OCH3 is 1. The maximum Gasteiger partial charge on any atom is 0.311 e. The molecule has 0 bridgehead atoms. The number of rotatable bonds is 6. The van der Waals surface area contributed by atoms with E-state index in [4.69, 9.17) is 4.74 Å². The molecule has 0 aromatic heterocycles. The number of nitro groups is 1. The molecule has 2 aromatic rings. The van der Waals surface area contributed by atoms with Gasteiger partial charge in [0.1, 0.15) is 0 Å². The van der Waals surface area contributed by atoms with Gasteiger partial charge in [-0.2, -0.15) is 0 Å². The first-order chi connectivity index (χ1) is 10.9. The Kier molecular flexibility index (Phi) is 5.33.